The Morgan fingerprint density at radius 3 is 0.850 bits per heavy atom. The molecule has 80 heavy (non-hydrogen) atoms. The van der Waals surface area contributed by atoms with Crippen molar-refractivity contribution in [2.24, 2.45) is 0 Å². The molecule has 0 radical (unpaired) electrons. The second-order valence-electron chi connectivity index (χ2n) is 25.6. The molecular formula is C74H145NO5. The van der Waals surface area contributed by atoms with E-state index >= 15 is 0 Å². The van der Waals surface area contributed by atoms with Crippen LogP contribution >= 0.6 is 0 Å². The van der Waals surface area contributed by atoms with E-state index in [1.54, 1.807) is 6.08 Å². The summed E-state index contributed by atoms with van der Waals surface area (Å²) >= 11 is 0. The highest BCUT2D eigenvalue weighted by atomic mass is 16.5. The van der Waals surface area contributed by atoms with Gasteiger partial charge in [0, 0.05) is 12.8 Å². The molecule has 6 heteroatoms. The lowest BCUT2D eigenvalue weighted by Gasteiger charge is -2.20. The van der Waals surface area contributed by atoms with E-state index in [9.17, 15) is 19.8 Å². The Morgan fingerprint density at radius 1 is 0.338 bits per heavy atom. The first kappa shape index (κ1) is 78.6. The minimum Gasteiger partial charge on any atom is -0.466 e. The van der Waals surface area contributed by atoms with Crippen molar-refractivity contribution in [3.05, 3.63) is 12.2 Å². The highest BCUT2D eigenvalue weighted by molar-refractivity contribution is 5.76. The molecule has 3 N–H and O–H groups in total. The molecule has 0 saturated heterocycles. The van der Waals surface area contributed by atoms with Gasteiger partial charge in [-0.2, -0.15) is 0 Å². The third kappa shape index (κ3) is 65.7. The molecule has 0 aliphatic rings. The standard InChI is InChI=1S/C74H145NO5/c1-3-5-7-9-11-13-15-17-19-35-40-44-48-52-56-60-64-68-74(79)80-69-65-61-57-53-49-45-41-37-34-32-30-28-26-24-22-20-21-23-25-27-29-31-33-36-39-43-47-51-55-59-63-67-73(78)75-71(70-76)72(77)66-62-58-54-50-46-42-38-18-16-14-12-10-8-6-4-2/h62,66,71-72,76-77H,3-61,63-65,67-70H2,1-2H3,(H,75,78)/b66-62+. The van der Waals surface area contributed by atoms with Crippen LogP contribution in [0.1, 0.15) is 425 Å². The van der Waals surface area contributed by atoms with E-state index in [0.29, 0.717) is 19.4 Å². The number of aliphatic hydroxyl groups is 2. The van der Waals surface area contributed by atoms with Gasteiger partial charge in [-0.15, -0.1) is 0 Å². The highest BCUT2D eigenvalue weighted by Crippen LogP contribution is 2.20. The molecule has 0 aliphatic heterocycles. The average Bonchev–Trinajstić information content (AvgIpc) is 3.46. The molecule has 6 nitrogen and oxygen atoms in total. The largest absolute Gasteiger partial charge is 0.466 e. The van der Waals surface area contributed by atoms with Gasteiger partial charge in [-0.05, 0) is 32.1 Å². The van der Waals surface area contributed by atoms with Crippen molar-refractivity contribution in [1.82, 2.24) is 5.32 Å². The van der Waals surface area contributed by atoms with Crippen LogP contribution in [-0.4, -0.2) is 47.4 Å². The first-order chi connectivity index (χ1) is 39.5. The number of allylic oxidation sites excluding steroid dienone is 1. The molecule has 0 aromatic carbocycles. The number of esters is 1. The van der Waals surface area contributed by atoms with E-state index in [4.69, 9.17) is 4.74 Å². The molecule has 0 rings (SSSR count). The monoisotopic (exact) mass is 1130 g/mol. The molecule has 0 saturated carbocycles. The Hall–Kier alpha value is -1.40. The van der Waals surface area contributed by atoms with Crippen molar-refractivity contribution >= 4 is 11.9 Å². The fourth-order valence-corrected chi connectivity index (χ4v) is 11.9. The number of ether oxygens (including phenoxy) is 1. The molecule has 1 amide bonds. The van der Waals surface area contributed by atoms with Gasteiger partial charge >= 0.3 is 5.97 Å². The van der Waals surface area contributed by atoms with Crippen molar-refractivity contribution in [3.63, 3.8) is 0 Å². The zero-order valence-corrected chi connectivity index (χ0v) is 54.6. The number of carbonyl (C=O) groups excluding carboxylic acids is 2. The van der Waals surface area contributed by atoms with Crippen LogP contribution in [0.5, 0.6) is 0 Å². The van der Waals surface area contributed by atoms with E-state index in [-0.39, 0.29) is 18.5 Å². The van der Waals surface area contributed by atoms with E-state index in [1.807, 2.05) is 6.08 Å². The van der Waals surface area contributed by atoms with Crippen LogP contribution in [0.3, 0.4) is 0 Å². The van der Waals surface area contributed by atoms with Gasteiger partial charge < -0.3 is 20.3 Å². The summed E-state index contributed by atoms with van der Waals surface area (Å²) in [7, 11) is 0. The van der Waals surface area contributed by atoms with Crippen molar-refractivity contribution in [1.29, 1.82) is 0 Å². The summed E-state index contributed by atoms with van der Waals surface area (Å²) in [6, 6.07) is -0.624. The van der Waals surface area contributed by atoms with Crippen LogP contribution in [0, 0.1) is 0 Å². The van der Waals surface area contributed by atoms with Crippen LogP contribution in [0.2, 0.25) is 0 Å². The van der Waals surface area contributed by atoms with Crippen molar-refractivity contribution in [2.45, 2.75) is 437 Å². The molecule has 0 fully saturated rings. The zero-order chi connectivity index (χ0) is 57.8. The van der Waals surface area contributed by atoms with E-state index in [0.717, 1.165) is 38.5 Å². The van der Waals surface area contributed by atoms with Gasteiger partial charge in [-0.3, -0.25) is 9.59 Å². The van der Waals surface area contributed by atoms with Gasteiger partial charge in [0.05, 0.1) is 25.4 Å². The summed E-state index contributed by atoms with van der Waals surface area (Å²) in [5, 5.41) is 23.2. The molecule has 0 aromatic heterocycles. The van der Waals surface area contributed by atoms with Crippen LogP contribution in [0.15, 0.2) is 12.2 Å². The maximum atomic E-state index is 12.5. The van der Waals surface area contributed by atoms with Crippen molar-refractivity contribution in [3.8, 4) is 0 Å². The summed E-state index contributed by atoms with van der Waals surface area (Å²) in [6.07, 6.45) is 87.4. The third-order valence-corrected chi connectivity index (χ3v) is 17.6. The van der Waals surface area contributed by atoms with Crippen LogP contribution in [0.25, 0.3) is 0 Å². The normalized spacial score (nSPS) is 12.5. The number of carbonyl (C=O) groups is 2. The second kappa shape index (κ2) is 70.1. The van der Waals surface area contributed by atoms with Gasteiger partial charge in [-0.25, -0.2) is 0 Å². The van der Waals surface area contributed by atoms with Gasteiger partial charge in [0.15, 0.2) is 0 Å². The third-order valence-electron chi connectivity index (χ3n) is 17.6. The Morgan fingerprint density at radius 2 is 0.575 bits per heavy atom. The molecular weight excluding hydrogens is 983 g/mol. The first-order valence-corrected chi connectivity index (χ1v) is 37.0. The molecule has 476 valence electrons. The summed E-state index contributed by atoms with van der Waals surface area (Å²) in [5.74, 6) is -0.0352. The fraction of sp³-hybridized carbons (Fsp3) is 0.946. The number of hydrogen-bond acceptors (Lipinski definition) is 5. The zero-order valence-electron chi connectivity index (χ0n) is 54.6. The summed E-state index contributed by atoms with van der Waals surface area (Å²) in [6.45, 7) is 4.95. The molecule has 0 spiro atoms. The molecule has 0 aromatic rings. The van der Waals surface area contributed by atoms with E-state index < -0.39 is 12.1 Å². The molecule has 0 heterocycles. The van der Waals surface area contributed by atoms with Crippen molar-refractivity contribution < 1.29 is 24.5 Å². The van der Waals surface area contributed by atoms with Gasteiger partial charge in [0.2, 0.25) is 5.91 Å². The molecule has 0 bridgehead atoms. The predicted octanol–water partition coefficient (Wildman–Crippen LogP) is 23.9. The number of rotatable bonds is 70. The number of unbranched alkanes of at least 4 members (excludes halogenated alkanes) is 59. The highest BCUT2D eigenvalue weighted by Gasteiger charge is 2.18. The average molecular weight is 1130 g/mol. The molecule has 2 atom stereocenters. The van der Waals surface area contributed by atoms with Gasteiger partial charge in [-0.1, -0.05) is 392 Å². The second-order valence-corrected chi connectivity index (χ2v) is 25.6. The minimum absolute atomic E-state index is 0.0254. The Bertz CT molecular complexity index is 1210. The summed E-state index contributed by atoms with van der Waals surface area (Å²) in [5.41, 5.74) is 0. The maximum Gasteiger partial charge on any atom is 0.305 e. The molecule has 0 aliphatic carbocycles. The maximum absolute atomic E-state index is 12.5. The minimum atomic E-state index is -0.840. The van der Waals surface area contributed by atoms with Crippen LogP contribution < -0.4 is 5.32 Å². The Kier molecular flexibility index (Phi) is 68.9. The number of hydrogen-bond donors (Lipinski definition) is 3. The number of aliphatic hydroxyl groups excluding tert-OH is 2. The number of amides is 1. The lowest BCUT2D eigenvalue weighted by Crippen LogP contribution is -2.45. The van der Waals surface area contributed by atoms with E-state index in [2.05, 4.69) is 19.2 Å². The first-order valence-electron chi connectivity index (χ1n) is 37.0. The SMILES string of the molecule is CCCCCCCCCCCCCCC/C=C/C(O)C(CO)NC(=O)CCCCCCCCCCCCCCCCCCCCCCCCCCCCCCCCCOC(=O)CCCCCCCCCCCCCCCCCCC. The Balaban J connectivity index is 3.31. The van der Waals surface area contributed by atoms with Gasteiger partial charge in [0.25, 0.3) is 0 Å². The summed E-state index contributed by atoms with van der Waals surface area (Å²) < 4.78 is 5.51. The lowest BCUT2D eigenvalue weighted by molar-refractivity contribution is -0.143. The number of nitrogens with one attached hydrogen (secondary N) is 1. The van der Waals surface area contributed by atoms with Crippen LogP contribution in [-0.2, 0) is 14.3 Å². The summed E-state index contributed by atoms with van der Waals surface area (Å²) in [4.78, 5) is 24.6. The van der Waals surface area contributed by atoms with Crippen LogP contribution in [0.4, 0.5) is 0 Å². The van der Waals surface area contributed by atoms with E-state index in [1.165, 1.54) is 360 Å². The molecule has 2 unspecified atom stereocenters. The topological polar surface area (TPSA) is 95.9 Å². The lowest BCUT2D eigenvalue weighted by atomic mass is 10.0. The fourth-order valence-electron chi connectivity index (χ4n) is 11.9. The van der Waals surface area contributed by atoms with Crippen molar-refractivity contribution in [2.75, 3.05) is 13.2 Å². The quantitative estimate of drug-likeness (QED) is 0.0320. The smallest absolute Gasteiger partial charge is 0.305 e. The van der Waals surface area contributed by atoms with Gasteiger partial charge in [0.1, 0.15) is 0 Å². The Labute approximate surface area is 501 Å². The predicted molar refractivity (Wildman–Crippen MR) is 352 cm³/mol.